The van der Waals surface area contributed by atoms with Gasteiger partial charge in [0.15, 0.2) is 0 Å². The van der Waals surface area contributed by atoms with Crippen LogP contribution in [0.5, 0.6) is 0 Å². The van der Waals surface area contributed by atoms with Gasteiger partial charge in [-0.3, -0.25) is 0 Å². The lowest BCUT2D eigenvalue weighted by molar-refractivity contribution is 0.285. The first-order valence-corrected chi connectivity index (χ1v) is 5.94. The molecule has 1 fully saturated rings. The van der Waals surface area contributed by atoms with Gasteiger partial charge in [-0.1, -0.05) is 6.42 Å². The van der Waals surface area contributed by atoms with Crippen LogP contribution in [-0.2, 0) is 0 Å². The van der Waals surface area contributed by atoms with E-state index in [-0.39, 0.29) is 0 Å². The molecule has 4 heteroatoms. The van der Waals surface area contributed by atoms with Gasteiger partial charge in [-0.25, -0.2) is 0 Å². The molecule has 1 saturated carbocycles. The Morgan fingerprint density at radius 3 is 2.71 bits per heavy atom. The molecular formula is C10H17N3S. The lowest BCUT2D eigenvalue weighted by Gasteiger charge is -2.32. The number of nitrogens with zero attached hydrogens (tertiary/aromatic N) is 1. The van der Waals surface area contributed by atoms with E-state index in [1.165, 1.54) is 30.8 Å². The number of nitrogens with one attached hydrogen (secondary N) is 1. The maximum Gasteiger partial charge on any atom is 0.142 e. The second-order valence-electron chi connectivity index (χ2n) is 4.15. The molecule has 0 spiro atoms. The number of anilines is 2. The van der Waals surface area contributed by atoms with E-state index in [1.54, 1.807) is 0 Å². The van der Waals surface area contributed by atoms with Gasteiger partial charge in [-0.15, -0.1) is 0 Å². The van der Waals surface area contributed by atoms with Gasteiger partial charge in [-0.2, -0.15) is 4.37 Å². The second kappa shape index (κ2) is 3.77. The van der Waals surface area contributed by atoms with Crippen LogP contribution < -0.4 is 11.1 Å². The van der Waals surface area contributed by atoms with Gasteiger partial charge in [0.25, 0.3) is 0 Å². The molecule has 2 rings (SSSR count). The highest BCUT2D eigenvalue weighted by Crippen LogP contribution is 2.33. The summed E-state index contributed by atoms with van der Waals surface area (Å²) in [7, 11) is 0. The molecule has 3 N–H and O–H groups in total. The first kappa shape index (κ1) is 9.77. The standard InChI is InChI=1S/C10H17N3S/c1-6-9(11)13-14-10(6)12-7(2)8-4-3-5-8/h7-8,12H,3-5H2,1-2H3,(H2,11,13). The zero-order valence-electron chi connectivity index (χ0n) is 8.71. The van der Waals surface area contributed by atoms with Crippen molar-refractivity contribution in [2.75, 3.05) is 11.1 Å². The van der Waals surface area contributed by atoms with E-state index >= 15 is 0 Å². The fourth-order valence-electron chi connectivity index (χ4n) is 1.75. The Morgan fingerprint density at radius 2 is 2.29 bits per heavy atom. The highest BCUT2D eigenvalue weighted by atomic mass is 32.1. The summed E-state index contributed by atoms with van der Waals surface area (Å²) in [6, 6.07) is 0.558. The van der Waals surface area contributed by atoms with E-state index in [1.807, 2.05) is 6.92 Å². The Kier molecular flexibility index (Phi) is 2.63. The maximum atomic E-state index is 5.70. The first-order chi connectivity index (χ1) is 6.68. The molecule has 78 valence electrons. The molecule has 1 aromatic rings. The molecule has 1 heterocycles. The van der Waals surface area contributed by atoms with Crippen LogP contribution in [-0.4, -0.2) is 10.4 Å². The predicted octanol–water partition coefficient (Wildman–Crippen LogP) is 2.63. The fourth-order valence-corrected chi connectivity index (χ4v) is 2.55. The van der Waals surface area contributed by atoms with Crippen LogP contribution in [0.1, 0.15) is 31.7 Å². The van der Waals surface area contributed by atoms with Gasteiger partial charge in [0.1, 0.15) is 10.8 Å². The summed E-state index contributed by atoms with van der Waals surface area (Å²) in [5, 5.41) is 4.65. The monoisotopic (exact) mass is 211 g/mol. The van der Waals surface area contributed by atoms with E-state index in [9.17, 15) is 0 Å². The largest absolute Gasteiger partial charge is 0.383 e. The van der Waals surface area contributed by atoms with Crippen LogP contribution in [0.3, 0.4) is 0 Å². The van der Waals surface area contributed by atoms with Gasteiger partial charge in [-0.05, 0) is 44.1 Å². The van der Waals surface area contributed by atoms with Crippen molar-refractivity contribution in [3.05, 3.63) is 5.56 Å². The molecule has 1 unspecified atom stereocenters. The van der Waals surface area contributed by atoms with Crippen molar-refractivity contribution < 1.29 is 0 Å². The molecular weight excluding hydrogens is 194 g/mol. The highest BCUT2D eigenvalue weighted by Gasteiger charge is 2.24. The zero-order valence-corrected chi connectivity index (χ0v) is 9.53. The Balaban J connectivity index is 1.99. The minimum atomic E-state index is 0.558. The Hall–Kier alpha value is -0.770. The molecule has 14 heavy (non-hydrogen) atoms. The third-order valence-electron chi connectivity index (χ3n) is 3.18. The summed E-state index contributed by atoms with van der Waals surface area (Å²) in [6.07, 6.45) is 4.11. The van der Waals surface area contributed by atoms with Gasteiger partial charge < -0.3 is 11.1 Å². The topological polar surface area (TPSA) is 50.9 Å². The fraction of sp³-hybridized carbons (Fsp3) is 0.700. The maximum absolute atomic E-state index is 5.70. The number of nitrogen functional groups attached to an aromatic ring is 1. The minimum absolute atomic E-state index is 0.558. The molecule has 0 bridgehead atoms. The number of nitrogens with two attached hydrogens (primary N) is 1. The molecule has 0 aliphatic heterocycles. The predicted molar refractivity (Wildman–Crippen MR) is 61.7 cm³/mol. The Morgan fingerprint density at radius 1 is 1.57 bits per heavy atom. The molecule has 1 atom stereocenters. The van der Waals surface area contributed by atoms with Crippen LogP contribution in [0, 0.1) is 12.8 Å². The van der Waals surface area contributed by atoms with E-state index in [0.29, 0.717) is 11.9 Å². The number of rotatable bonds is 3. The van der Waals surface area contributed by atoms with Crippen molar-refractivity contribution in [1.82, 2.24) is 4.37 Å². The van der Waals surface area contributed by atoms with Crippen molar-refractivity contribution in [3.63, 3.8) is 0 Å². The number of aromatic nitrogens is 1. The van der Waals surface area contributed by atoms with E-state index in [4.69, 9.17) is 5.73 Å². The van der Waals surface area contributed by atoms with Crippen molar-refractivity contribution in [1.29, 1.82) is 0 Å². The van der Waals surface area contributed by atoms with Crippen LogP contribution in [0.15, 0.2) is 0 Å². The SMILES string of the molecule is Cc1c(N)nsc1NC(C)C1CCC1. The molecule has 0 amide bonds. The average molecular weight is 211 g/mol. The van der Waals surface area contributed by atoms with Crippen LogP contribution in [0.2, 0.25) is 0 Å². The molecule has 1 aliphatic carbocycles. The van der Waals surface area contributed by atoms with E-state index < -0.39 is 0 Å². The lowest BCUT2D eigenvalue weighted by atomic mass is 9.80. The second-order valence-corrected chi connectivity index (χ2v) is 4.92. The van der Waals surface area contributed by atoms with Crippen molar-refractivity contribution in [2.24, 2.45) is 5.92 Å². The molecule has 0 saturated heterocycles. The van der Waals surface area contributed by atoms with Crippen LogP contribution in [0.25, 0.3) is 0 Å². The third-order valence-corrected chi connectivity index (χ3v) is 4.07. The summed E-state index contributed by atoms with van der Waals surface area (Å²) in [4.78, 5) is 0. The van der Waals surface area contributed by atoms with Gasteiger partial charge in [0.05, 0.1) is 0 Å². The Labute approximate surface area is 88.9 Å². The number of hydrogen-bond donors (Lipinski definition) is 2. The van der Waals surface area contributed by atoms with Gasteiger partial charge in [0, 0.05) is 11.6 Å². The summed E-state index contributed by atoms with van der Waals surface area (Å²) in [5.41, 5.74) is 6.80. The highest BCUT2D eigenvalue weighted by molar-refractivity contribution is 7.10. The van der Waals surface area contributed by atoms with E-state index in [2.05, 4.69) is 16.6 Å². The molecule has 1 aromatic heterocycles. The van der Waals surface area contributed by atoms with Crippen LogP contribution in [0.4, 0.5) is 10.8 Å². The first-order valence-electron chi connectivity index (χ1n) is 5.16. The zero-order chi connectivity index (χ0) is 10.1. The summed E-state index contributed by atoms with van der Waals surface area (Å²) >= 11 is 1.47. The summed E-state index contributed by atoms with van der Waals surface area (Å²) in [5.74, 6) is 1.51. The summed E-state index contributed by atoms with van der Waals surface area (Å²) in [6.45, 7) is 4.27. The van der Waals surface area contributed by atoms with Crippen molar-refractivity contribution in [2.45, 2.75) is 39.2 Å². The van der Waals surface area contributed by atoms with Gasteiger partial charge in [0.2, 0.25) is 0 Å². The molecule has 0 radical (unpaired) electrons. The summed E-state index contributed by atoms with van der Waals surface area (Å²) < 4.78 is 4.13. The molecule has 3 nitrogen and oxygen atoms in total. The minimum Gasteiger partial charge on any atom is -0.383 e. The smallest absolute Gasteiger partial charge is 0.142 e. The van der Waals surface area contributed by atoms with Gasteiger partial charge >= 0.3 is 0 Å². The third kappa shape index (κ3) is 1.71. The quantitative estimate of drug-likeness (QED) is 0.808. The Bertz CT molecular complexity index is 317. The van der Waals surface area contributed by atoms with Crippen LogP contribution >= 0.6 is 11.5 Å². The molecule has 1 aliphatic rings. The van der Waals surface area contributed by atoms with E-state index in [0.717, 1.165) is 16.5 Å². The normalized spacial score (nSPS) is 19.0. The average Bonchev–Trinajstić information content (AvgIpc) is 2.33. The lowest BCUT2D eigenvalue weighted by Crippen LogP contribution is -2.30. The number of hydrogen-bond acceptors (Lipinski definition) is 4. The molecule has 0 aromatic carbocycles. The van der Waals surface area contributed by atoms with Crippen molar-refractivity contribution >= 4 is 22.4 Å². The van der Waals surface area contributed by atoms with Crippen molar-refractivity contribution in [3.8, 4) is 0 Å².